The van der Waals surface area contributed by atoms with Gasteiger partial charge in [-0.3, -0.25) is 0 Å². The predicted octanol–water partition coefficient (Wildman–Crippen LogP) is 2.59. The van der Waals surface area contributed by atoms with Crippen LogP contribution in [0.5, 0.6) is 5.75 Å². The zero-order valence-corrected chi connectivity index (χ0v) is 12.9. The lowest BCUT2D eigenvalue weighted by molar-refractivity contribution is 0.352. The molecule has 1 atom stereocenters. The van der Waals surface area contributed by atoms with Gasteiger partial charge in [0.1, 0.15) is 5.75 Å². The van der Waals surface area contributed by atoms with Crippen LogP contribution in [0.15, 0.2) is 52.3 Å². The summed E-state index contributed by atoms with van der Waals surface area (Å²) in [6.07, 6.45) is 1.86. The topological polar surface area (TPSA) is 40.5 Å². The normalized spacial score (nSPS) is 17.0. The highest BCUT2D eigenvalue weighted by Gasteiger charge is 2.18. The van der Waals surface area contributed by atoms with Gasteiger partial charge in [0.15, 0.2) is 0 Å². The third-order valence-corrected chi connectivity index (χ3v) is 5.39. The molecule has 0 saturated heterocycles. The Bertz CT molecular complexity index is 670. The smallest absolute Gasteiger partial charge is 0.132 e. The van der Waals surface area contributed by atoms with Crippen molar-refractivity contribution in [2.75, 3.05) is 20.1 Å². The van der Waals surface area contributed by atoms with Crippen molar-refractivity contribution in [1.29, 1.82) is 0 Å². The first-order valence-electron chi connectivity index (χ1n) is 7.15. The number of rotatable bonds is 2. The molecule has 3 nitrogen and oxygen atoms in total. The quantitative estimate of drug-likeness (QED) is 0.927. The molecule has 0 saturated carbocycles. The van der Waals surface area contributed by atoms with E-state index in [1.54, 1.807) is 6.07 Å². The van der Waals surface area contributed by atoms with Gasteiger partial charge < -0.3 is 10.0 Å². The van der Waals surface area contributed by atoms with E-state index in [9.17, 15) is 9.32 Å². The molecule has 0 spiro atoms. The molecule has 0 fully saturated rings. The largest absolute Gasteiger partial charge is 0.507 e. The van der Waals surface area contributed by atoms with Gasteiger partial charge in [-0.2, -0.15) is 0 Å². The van der Waals surface area contributed by atoms with Crippen molar-refractivity contribution in [2.24, 2.45) is 0 Å². The van der Waals surface area contributed by atoms with Gasteiger partial charge >= 0.3 is 0 Å². The molecule has 0 aromatic heterocycles. The van der Waals surface area contributed by atoms with Gasteiger partial charge in [-0.05, 0) is 55.3 Å². The molecule has 110 valence electrons. The summed E-state index contributed by atoms with van der Waals surface area (Å²) in [5.41, 5.74) is 2.38. The van der Waals surface area contributed by atoms with Crippen molar-refractivity contribution >= 4 is 10.8 Å². The molecular formula is C17H19NO2S. The summed E-state index contributed by atoms with van der Waals surface area (Å²) in [5.74, 6) is 0.139. The molecule has 2 aromatic rings. The van der Waals surface area contributed by atoms with Crippen LogP contribution >= 0.6 is 0 Å². The second-order valence-electron chi connectivity index (χ2n) is 5.47. The average molecular weight is 301 g/mol. The Balaban J connectivity index is 1.99. The molecule has 1 N–H and O–H groups in total. The van der Waals surface area contributed by atoms with Crippen LogP contribution in [0.25, 0.3) is 0 Å². The minimum Gasteiger partial charge on any atom is -0.507 e. The molecule has 1 aliphatic rings. The number of benzene rings is 2. The highest BCUT2D eigenvalue weighted by atomic mass is 32.2. The minimum atomic E-state index is -1.33. The van der Waals surface area contributed by atoms with Crippen LogP contribution in [0, 0.1) is 0 Å². The van der Waals surface area contributed by atoms with Gasteiger partial charge in [0.25, 0.3) is 0 Å². The van der Waals surface area contributed by atoms with Crippen LogP contribution in [-0.2, 0) is 23.6 Å². The number of hydrogen-bond acceptors (Lipinski definition) is 3. The summed E-state index contributed by atoms with van der Waals surface area (Å²) in [6, 6.07) is 13.0. The number of likely N-dealkylation sites (N-methyl/N-ethyl adjacent to an activating group) is 1. The highest BCUT2D eigenvalue weighted by molar-refractivity contribution is 7.85. The number of nitrogens with zero attached hydrogens (tertiary/aromatic N) is 1. The third kappa shape index (κ3) is 3.01. The van der Waals surface area contributed by atoms with E-state index in [2.05, 4.69) is 11.9 Å². The van der Waals surface area contributed by atoms with Gasteiger partial charge in [-0.25, -0.2) is 4.21 Å². The summed E-state index contributed by atoms with van der Waals surface area (Å²) < 4.78 is 12.6. The lowest BCUT2D eigenvalue weighted by Gasteiger charge is -2.11. The lowest BCUT2D eigenvalue weighted by atomic mass is 10.0. The first kappa shape index (κ1) is 14.3. The van der Waals surface area contributed by atoms with Crippen LogP contribution in [0.2, 0.25) is 0 Å². The van der Waals surface area contributed by atoms with E-state index < -0.39 is 10.8 Å². The molecular weight excluding hydrogens is 282 g/mol. The van der Waals surface area contributed by atoms with E-state index in [4.69, 9.17) is 0 Å². The van der Waals surface area contributed by atoms with Crippen molar-refractivity contribution in [3.05, 3.63) is 53.6 Å². The SMILES string of the molecule is CN1CCc2cc(O)c(S(=O)c3ccccc3)cc2CC1. The second-order valence-corrected chi connectivity index (χ2v) is 6.92. The van der Waals surface area contributed by atoms with Gasteiger partial charge in [-0.15, -0.1) is 0 Å². The maximum Gasteiger partial charge on any atom is 0.132 e. The standard InChI is InChI=1S/C17H19NO2S/c1-18-9-7-13-11-16(19)17(12-14(13)8-10-18)21(20)15-5-3-2-4-6-15/h2-6,11-12,19H,7-10H2,1H3. The summed E-state index contributed by atoms with van der Waals surface area (Å²) in [6.45, 7) is 1.99. The molecule has 4 heteroatoms. The van der Waals surface area contributed by atoms with Crippen molar-refractivity contribution in [3.63, 3.8) is 0 Å². The molecule has 0 radical (unpaired) electrons. The summed E-state index contributed by atoms with van der Waals surface area (Å²) >= 11 is 0. The maximum atomic E-state index is 12.6. The third-order valence-electron chi connectivity index (χ3n) is 3.96. The van der Waals surface area contributed by atoms with E-state index in [1.807, 2.05) is 36.4 Å². The minimum absolute atomic E-state index is 0.139. The molecule has 1 unspecified atom stereocenters. The van der Waals surface area contributed by atoms with Gasteiger partial charge in [-0.1, -0.05) is 18.2 Å². The molecule has 2 aromatic carbocycles. The first-order valence-corrected chi connectivity index (χ1v) is 8.30. The Labute approximate surface area is 127 Å². The predicted molar refractivity (Wildman–Crippen MR) is 84.1 cm³/mol. The number of hydrogen-bond donors (Lipinski definition) is 1. The van der Waals surface area contributed by atoms with E-state index >= 15 is 0 Å². The van der Waals surface area contributed by atoms with Crippen LogP contribution in [0.1, 0.15) is 11.1 Å². The zero-order chi connectivity index (χ0) is 14.8. The molecule has 0 amide bonds. The summed E-state index contributed by atoms with van der Waals surface area (Å²) in [4.78, 5) is 3.52. The van der Waals surface area contributed by atoms with E-state index in [1.165, 1.54) is 11.1 Å². The Morgan fingerprint density at radius 2 is 1.67 bits per heavy atom. The highest BCUT2D eigenvalue weighted by Crippen LogP contribution is 2.30. The average Bonchev–Trinajstić information content (AvgIpc) is 2.69. The fourth-order valence-corrected chi connectivity index (χ4v) is 3.83. The molecule has 21 heavy (non-hydrogen) atoms. The Morgan fingerprint density at radius 3 is 2.33 bits per heavy atom. The molecule has 1 heterocycles. The number of aromatic hydroxyl groups is 1. The van der Waals surface area contributed by atoms with Crippen molar-refractivity contribution in [1.82, 2.24) is 4.90 Å². The number of phenolic OH excluding ortho intramolecular Hbond substituents is 1. The van der Waals surface area contributed by atoms with Crippen LogP contribution in [-0.4, -0.2) is 34.4 Å². The maximum absolute atomic E-state index is 12.6. The molecule has 0 bridgehead atoms. The van der Waals surface area contributed by atoms with Crippen LogP contribution < -0.4 is 0 Å². The van der Waals surface area contributed by atoms with Crippen LogP contribution in [0.4, 0.5) is 0 Å². The van der Waals surface area contributed by atoms with Crippen LogP contribution in [0.3, 0.4) is 0 Å². The van der Waals surface area contributed by atoms with E-state index in [0.29, 0.717) is 4.90 Å². The zero-order valence-electron chi connectivity index (χ0n) is 12.1. The van der Waals surface area contributed by atoms with Gasteiger partial charge in [0, 0.05) is 18.0 Å². The summed E-state index contributed by atoms with van der Waals surface area (Å²) in [5, 5.41) is 10.2. The van der Waals surface area contributed by atoms with E-state index in [-0.39, 0.29) is 5.75 Å². The lowest BCUT2D eigenvalue weighted by Crippen LogP contribution is -2.20. The van der Waals surface area contributed by atoms with Gasteiger partial charge in [0.05, 0.1) is 15.7 Å². The fraction of sp³-hybridized carbons (Fsp3) is 0.294. The Kier molecular flexibility index (Phi) is 4.08. The molecule has 3 rings (SSSR count). The number of phenols is 1. The Hall–Kier alpha value is -1.65. The van der Waals surface area contributed by atoms with Crippen molar-refractivity contribution in [2.45, 2.75) is 22.6 Å². The summed E-state index contributed by atoms with van der Waals surface area (Å²) in [7, 11) is 0.771. The van der Waals surface area contributed by atoms with Crippen molar-refractivity contribution in [3.8, 4) is 5.75 Å². The molecule has 0 aliphatic carbocycles. The molecule has 1 aliphatic heterocycles. The Morgan fingerprint density at radius 1 is 1.05 bits per heavy atom. The first-order chi connectivity index (χ1) is 10.1. The fourth-order valence-electron chi connectivity index (χ4n) is 2.67. The monoisotopic (exact) mass is 301 g/mol. The number of fused-ring (bicyclic) bond motifs is 1. The second kappa shape index (κ2) is 6.00. The van der Waals surface area contributed by atoms with E-state index in [0.717, 1.165) is 30.8 Å². The van der Waals surface area contributed by atoms with Gasteiger partial charge in [0.2, 0.25) is 0 Å². The van der Waals surface area contributed by atoms with Crippen molar-refractivity contribution < 1.29 is 9.32 Å².